The van der Waals surface area contributed by atoms with Crippen molar-refractivity contribution in [2.45, 2.75) is 44.0 Å². The van der Waals surface area contributed by atoms with Gasteiger partial charge in [0.15, 0.2) is 11.8 Å². The Morgan fingerprint density at radius 3 is 2.68 bits per heavy atom. The molecular weight excluding hydrogens is 278 g/mol. The summed E-state index contributed by atoms with van der Waals surface area (Å²) < 4.78 is 0.668. The molecule has 0 aromatic heterocycles. The molecule has 1 fully saturated rings. The predicted octanol–water partition coefficient (Wildman–Crippen LogP) is -1.24. The van der Waals surface area contributed by atoms with Gasteiger partial charge in [0.2, 0.25) is 5.91 Å². The van der Waals surface area contributed by atoms with Crippen LogP contribution in [0.5, 0.6) is 0 Å². The van der Waals surface area contributed by atoms with E-state index in [1.54, 1.807) is 0 Å². The number of carboxylic acid groups (broad SMARTS) is 1. The van der Waals surface area contributed by atoms with E-state index in [0.717, 1.165) is 0 Å². The van der Waals surface area contributed by atoms with Crippen molar-refractivity contribution in [1.82, 2.24) is 9.74 Å². The summed E-state index contributed by atoms with van der Waals surface area (Å²) >= 11 is 5.59. The largest absolute Gasteiger partial charge is 0.481 e. The molecule has 19 heavy (non-hydrogen) atoms. The molecule has 0 spiro atoms. The number of carbonyl (C=O) groups excluding carboxylic acids is 2. The van der Waals surface area contributed by atoms with E-state index in [4.69, 9.17) is 22.6 Å². The van der Waals surface area contributed by atoms with Crippen molar-refractivity contribution >= 4 is 29.6 Å². The summed E-state index contributed by atoms with van der Waals surface area (Å²) in [4.78, 5) is 33.4. The van der Waals surface area contributed by atoms with Gasteiger partial charge in [0.05, 0.1) is 6.04 Å². The summed E-state index contributed by atoms with van der Waals surface area (Å²) in [6.45, 7) is 1.44. The van der Waals surface area contributed by atoms with E-state index >= 15 is 0 Å². The monoisotopic (exact) mass is 293 g/mol. The number of aliphatic carboxylic acids is 1. The van der Waals surface area contributed by atoms with E-state index in [9.17, 15) is 19.5 Å². The molecule has 1 rings (SSSR count). The minimum Gasteiger partial charge on any atom is -0.481 e. The third-order valence-electron chi connectivity index (χ3n) is 2.88. The third-order valence-corrected chi connectivity index (χ3v) is 3.23. The Bertz CT molecular complexity index is 403. The zero-order chi connectivity index (χ0) is 14.8. The van der Waals surface area contributed by atoms with E-state index in [-0.39, 0.29) is 19.3 Å². The normalized spacial score (nSPS) is 27.7. The molecule has 3 atom stereocenters. The first-order chi connectivity index (χ1) is 8.70. The van der Waals surface area contributed by atoms with Gasteiger partial charge in [-0.1, -0.05) is 0 Å². The number of hydrogen-bond acceptors (Lipinski definition) is 5. The molecule has 1 heterocycles. The number of β-lactam (4-membered cyclic amide) rings is 1. The summed E-state index contributed by atoms with van der Waals surface area (Å²) in [5.74, 6) is -2.37. The second kappa shape index (κ2) is 5.72. The lowest BCUT2D eigenvalue weighted by Crippen LogP contribution is -2.76. The topological polar surface area (TPSA) is 133 Å². The molecule has 9 heteroatoms. The number of amides is 2. The van der Waals surface area contributed by atoms with Crippen LogP contribution < -0.4 is 11.1 Å². The average Bonchev–Trinajstić information content (AvgIpc) is 2.33. The van der Waals surface area contributed by atoms with Gasteiger partial charge in [-0.15, -0.1) is 0 Å². The molecule has 2 amide bonds. The zero-order valence-electron chi connectivity index (χ0n) is 10.3. The maximum absolute atomic E-state index is 11.5. The Kier molecular flexibility index (Phi) is 4.72. The fraction of sp³-hybridized carbons (Fsp3) is 0.700. The number of nitrogens with one attached hydrogen (secondary N) is 1. The number of aliphatic hydroxyl groups is 1. The van der Waals surface area contributed by atoms with Crippen LogP contribution in [0.15, 0.2) is 0 Å². The van der Waals surface area contributed by atoms with E-state index in [2.05, 4.69) is 5.32 Å². The van der Waals surface area contributed by atoms with E-state index < -0.39 is 35.6 Å². The number of rotatable bonds is 6. The van der Waals surface area contributed by atoms with Gasteiger partial charge in [-0.2, -0.15) is 0 Å². The predicted molar refractivity (Wildman–Crippen MR) is 64.7 cm³/mol. The van der Waals surface area contributed by atoms with Gasteiger partial charge in [0, 0.05) is 18.2 Å². The number of carboxylic acids is 1. The maximum Gasteiger partial charge on any atom is 0.303 e. The molecule has 0 saturated carbocycles. The van der Waals surface area contributed by atoms with Gasteiger partial charge < -0.3 is 21.3 Å². The molecule has 3 unspecified atom stereocenters. The van der Waals surface area contributed by atoms with Crippen molar-refractivity contribution < 1.29 is 24.6 Å². The summed E-state index contributed by atoms with van der Waals surface area (Å²) in [5.41, 5.74) is 3.48. The SMILES string of the molecule is CC(N)C(=O)NC1N(Cl)C(=O)C1(O)CCCC(=O)O. The second-order valence-electron chi connectivity index (χ2n) is 4.49. The molecule has 0 aromatic rings. The lowest BCUT2D eigenvalue weighted by Gasteiger charge is -2.49. The molecule has 108 valence electrons. The molecule has 0 bridgehead atoms. The van der Waals surface area contributed by atoms with Crippen molar-refractivity contribution in [3.63, 3.8) is 0 Å². The third kappa shape index (κ3) is 3.14. The maximum atomic E-state index is 11.5. The molecule has 0 aromatic carbocycles. The van der Waals surface area contributed by atoms with Gasteiger partial charge in [-0.3, -0.25) is 14.4 Å². The van der Waals surface area contributed by atoms with Crippen LogP contribution in [0.3, 0.4) is 0 Å². The molecule has 5 N–H and O–H groups in total. The highest BCUT2D eigenvalue weighted by molar-refractivity contribution is 6.26. The van der Waals surface area contributed by atoms with Crippen LogP contribution in [0.25, 0.3) is 0 Å². The van der Waals surface area contributed by atoms with Crippen molar-refractivity contribution in [2.75, 3.05) is 0 Å². The van der Waals surface area contributed by atoms with Gasteiger partial charge in [0.1, 0.15) is 0 Å². The van der Waals surface area contributed by atoms with Crippen LogP contribution in [0.1, 0.15) is 26.2 Å². The van der Waals surface area contributed by atoms with Crippen LogP contribution in [0.2, 0.25) is 0 Å². The standard InChI is InChI=1S/C10H16ClN3O5/c1-5(12)7(17)13-8-10(19,9(18)14(8)11)4-2-3-6(15)16/h5,8,19H,2-4,12H2,1H3,(H,13,17)(H,15,16). The molecule has 1 saturated heterocycles. The zero-order valence-corrected chi connectivity index (χ0v) is 11.1. The van der Waals surface area contributed by atoms with Crippen molar-refractivity contribution in [2.24, 2.45) is 5.73 Å². The van der Waals surface area contributed by atoms with Gasteiger partial charge in [0.25, 0.3) is 5.91 Å². The number of halogens is 1. The van der Waals surface area contributed by atoms with Crippen LogP contribution in [0.4, 0.5) is 0 Å². The Labute approximate surface area is 114 Å². The molecular formula is C10H16ClN3O5. The van der Waals surface area contributed by atoms with Crippen molar-refractivity contribution in [3.8, 4) is 0 Å². The summed E-state index contributed by atoms with van der Waals surface area (Å²) in [6.07, 6.45) is -1.31. The second-order valence-corrected chi connectivity index (χ2v) is 4.85. The molecule has 1 aliphatic heterocycles. The number of nitrogens with two attached hydrogens (primary N) is 1. The van der Waals surface area contributed by atoms with Crippen LogP contribution in [-0.2, 0) is 14.4 Å². The van der Waals surface area contributed by atoms with Crippen molar-refractivity contribution in [3.05, 3.63) is 0 Å². The highest BCUT2D eigenvalue weighted by atomic mass is 35.5. The van der Waals surface area contributed by atoms with E-state index in [0.29, 0.717) is 4.42 Å². The van der Waals surface area contributed by atoms with Gasteiger partial charge in [-0.25, -0.2) is 4.42 Å². The Balaban J connectivity index is 2.65. The lowest BCUT2D eigenvalue weighted by atomic mass is 9.85. The van der Waals surface area contributed by atoms with E-state index in [1.807, 2.05) is 0 Å². The van der Waals surface area contributed by atoms with Gasteiger partial charge in [-0.05, 0) is 19.8 Å². The fourth-order valence-corrected chi connectivity index (χ4v) is 2.09. The average molecular weight is 294 g/mol. The Morgan fingerprint density at radius 2 is 2.21 bits per heavy atom. The Morgan fingerprint density at radius 1 is 1.63 bits per heavy atom. The van der Waals surface area contributed by atoms with Crippen LogP contribution in [-0.4, -0.2) is 50.2 Å². The first kappa shape index (κ1) is 15.7. The number of nitrogens with zero attached hydrogens (tertiary/aromatic N) is 1. The van der Waals surface area contributed by atoms with E-state index in [1.165, 1.54) is 6.92 Å². The minimum absolute atomic E-state index is 0.0901. The summed E-state index contributed by atoms with van der Waals surface area (Å²) in [5, 5.41) is 21.0. The molecule has 0 aliphatic carbocycles. The quantitative estimate of drug-likeness (QED) is 0.357. The summed E-state index contributed by atoms with van der Waals surface area (Å²) in [7, 11) is 0. The van der Waals surface area contributed by atoms with Gasteiger partial charge >= 0.3 is 5.97 Å². The number of hydrogen-bond donors (Lipinski definition) is 4. The van der Waals surface area contributed by atoms with Crippen LogP contribution >= 0.6 is 11.8 Å². The van der Waals surface area contributed by atoms with Crippen LogP contribution in [0, 0.1) is 0 Å². The molecule has 8 nitrogen and oxygen atoms in total. The molecule has 1 aliphatic rings. The molecule has 0 radical (unpaired) electrons. The van der Waals surface area contributed by atoms with Crippen molar-refractivity contribution in [1.29, 1.82) is 0 Å². The minimum atomic E-state index is -1.87. The Hall–Kier alpha value is -1.38. The fourth-order valence-electron chi connectivity index (χ4n) is 1.74. The smallest absolute Gasteiger partial charge is 0.303 e. The highest BCUT2D eigenvalue weighted by Gasteiger charge is 2.60. The lowest BCUT2D eigenvalue weighted by molar-refractivity contribution is -0.184. The highest BCUT2D eigenvalue weighted by Crippen LogP contribution is 2.35. The number of carbonyl (C=O) groups is 3. The summed E-state index contributed by atoms with van der Waals surface area (Å²) in [6, 6.07) is -0.816. The first-order valence-corrected chi connectivity index (χ1v) is 6.03. The first-order valence-electron chi connectivity index (χ1n) is 5.69.